The molecule has 0 atom stereocenters. The molecule has 126 valence electrons. The topological polar surface area (TPSA) is 113 Å². The van der Waals surface area contributed by atoms with Crippen LogP contribution in [0.15, 0.2) is 41.3 Å². The number of phenols is 1. The molecule has 1 aromatic heterocycles. The summed E-state index contributed by atoms with van der Waals surface area (Å²) >= 11 is 0. The molecular weight excluding hydrogens is 363 g/mol. The fourth-order valence-corrected chi connectivity index (χ4v) is 2.56. The fraction of sp³-hybridized carbons (Fsp3) is 0. The maximum absolute atomic E-state index is 13.9. The minimum atomic E-state index is -4.86. The number of phenolic OH excluding ortho intramolecular Hbond substituents is 1. The van der Waals surface area contributed by atoms with Crippen molar-refractivity contribution in [1.82, 2.24) is 4.98 Å². The van der Waals surface area contributed by atoms with Gasteiger partial charge in [0.05, 0.1) is 0 Å². The van der Waals surface area contributed by atoms with Crippen molar-refractivity contribution in [3.63, 3.8) is 0 Å². The average molecular weight is 375 g/mol. The van der Waals surface area contributed by atoms with Gasteiger partial charge in [-0.1, -0.05) is 12.7 Å². The summed E-state index contributed by atoms with van der Waals surface area (Å²) in [6, 6.07) is 6.21. The molecule has 0 fully saturated rings. The maximum atomic E-state index is 13.9. The van der Waals surface area contributed by atoms with Crippen molar-refractivity contribution in [2.75, 3.05) is 0 Å². The quantitative estimate of drug-likeness (QED) is 0.475. The van der Waals surface area contributed by atoms with Gasteiger partial charge in [0.25, 0.3) is 0 Å². The molecule has 1 heterocycles. The number of halogens is 1. The molecule has 2 aromatic carbocycles. The first-order chi connectivity index (χ1) is 11.3. The van der Waals surface area contributed by atoms with Gasteiger partial charge in [0.15, 0.2) is 17.1 Å². The molecule has 0 amide bonds. The number of hydrogen-bond donors (Lipinski definition) is 3. The molecule has 0 aliphatic heterocycles. The van der Waals surface area contributed by atoms with Gasteiger partial charge in [0.1, 0.15) is 11.3 Å². The summed E-state index contributed by atoms with van der Waals surface area (Å²) in [5.74, 6) is -1.52. The number of phosphoric ester groups is 1. The van der Waals surface area contributed by atoms with Gasteiger partial charge < -0.3 is 14.0 Å². The van der Waals surface area contributed by atoms with E-state index in [0.717, 1.165) is 12.1 Å². The van der Waals surface area contributed by atoms with Crippen LogP contribution >= 0.6 is 7.82 Å². The third-order valence-corrected chi connectivity index (χ3v) is 3.55. The van der Waals surface area contributed by atoms with Gasteiger partial charge in [-0.05, 0) is 24.3 Å². The zero-order valence-corrected chi connectivity index (χ0v) is 12.9. The molecule has 0 saturated carbocycles. The van der Waals surface area contributed by atoms with Crippen LogP contribution in [0.1, 0.15) is 5.56 Å². The van der Waals surface area contributed by atoms with Crippen molar-refractivity contribution in [2.24, 2.45) is 0 Å². The molecule has 0 unspecified atom stereocenters. The zero-order chi connectivity index (χ0) is 17.5. The number of nitrogens with zero attached hydrogens (tertiary/aromatic N) is 1. The van der Waals surface area contributed by atoms with Gasteiger partial charge in [0, 0.05) is 17.2 Å². The van der Waals surface area contributed by atoms with Crippen LogP contribution < -0.4 is 4.52 Å². The standard InChI is InChI=1S/C15H11FNO6P.Na.H/c1-2-8-5-10(18)7-12-14(8)22-15(17-12)9-3-4-13(11(16)6-9)23-24(19,20)21;;/h2-7,18H,1H2,(H2,19,20,21);;. The summed E-state index contributed by atoms with van der Waals surface area (Å²) < 4.78 is 34.5. The molecule has 0 aliphatic rings. The van der Waals surface area contributed by atoms with E-state index < -0.39 is 19.4 Å². The molecule has 7 nitrogen and oxygen atoms in total. The Hall–Kier alpha value is -1.67. The van der Waals surface area contributed by atoms with E-state index in [9.17, 15) is 14.1 Å². The molecule has 0 saturated heterocycles. The number of aromatic nitrogens is 1. The van der Waals surface area contributed by atoms with Gasteiger partial charge in [-0.15, -0.1) is 0 Å². The second-order valence-corrected chi connectivity index (χ2v) is 6.00. The summed E-state index contributed by atoms with van der Waals surface area (Å²) in [6.45, 7) is 3.61. The first-order valence-electron chi connectivity index (χ1n) is 6.58. The minimum absolute atomic E-state index is 0. The molecule has 0 radical (unpaired) electrons. The first kappa shape index (κ1) is 19.7. The number of oxazole rings is 1. The molecule has 3 N–H and O–H groups in total. The van der Waals surface area contributed by atoms with Gasteiger partial charge >= 0.3 is 37.4 Å². The van der Waals surface area contributed by atoms with E-state index in [4.69, 9.17) is 14.2 Å². The summed E-state index contributed by atoms with van der Waals surface area (Å²) in [4.78, 5) is 21.6. The number of phosphoric acid groups is 1. The SMILES string of the molecule is C=Cc1cc(O)cc2nc(-c3ccc(OP(=O)(O)O)c(F)c3)oc12.[NaH]. The van der Waals surface area contributed by atoms with Crippen molar-refractivity contribution in [1.29, 1.82) is 0 Å². The molecule has 10 heteroatoms. The van der Waals surface area contributed by atoms with Crippen LogP contribution in [0.5, 0.6) is 11.5 Å². The van der Waals surface area contributed by atoms with Crippen LogP contribution in [-0.2, 0) is 4.57 Å². The van der Waals surface area contributed by atoms with Crippen LogP contribution in [0, 0.1) is 5.82 Å². The van der Waals surface area contributed by atoms with Gasteiger partial charge in [-0.3, -0.25) is 9.79 Å². The molecule has 0 aliphatic carbocycles. The van der Waals surface area contributed by atoms with Crippen molar-refractivity contribution in [2.45, 2.75) is 0 Å². The third kappa shape index (κ3) is 4.30. The monoisotopic (exact) mass is 375 g/mol. The predicted molar refractivity (Wildman–Crippen MR) is 91.0 cm³/mol. The summed E-state index contributed by atoms with van der Waals surface area (Å²) in [6.07, 6.45) is 1.48. The van der Waals surface area contributed by atoms with Crippen LogP contribution in [0.2, 0.25) is 0 Å². The van der Waals surface area contributed by atoms with Crippen molar-refractivity contribution in [3.05, 3.63) is 48.3 Å². The molecule has 25 heavy (non-hydrogen) atoms. The number of fused-ring (bicyclic) bond motifs is 1. The third-order valence-electron chi connectivity index (χ3n) is 3.12. The van der Waals surface area contributed by atoms with E-state index in [0.29, 0.717) is 16.7 Å². The van der Waals surface area contributed by atoms with Gasteiger partial charge in [-0.2, -0.15) is 0 Å². The van der Waals surface area contributed by atoms with Crippen LogP contribution in [0.3, 0.4) is 0 Å². The number of rotatable bonds is 4. The zero-order valence-electron chi connectivity index (χ0n) is 12.0. The summed E-state index contributed by atoms with van der Waals surface area (Å²) in [5, 5.41) is 9.63. The van der Waals surface area contributed by atoms with E-state index in [2.05, 4.69) is 16.1 Å². The number of hydrogen-bond acceptors (Lipinski definition) is 5. The Morgan fingerprint density at radius 2 is 2.00 bits per heavy atom. The van der Waals surface area contributed by atoms with Crippen LogP contribution in [0.25, 0.3) is 28.6 Å². The second-order valence-electron chi connectivity index (χ2n) is 4.83. The van der Waals surface area contributed by atoms with Crippen molar-refractivity contribution >= 4 is 54.6 Å². The van der Waals surface area contributed by atoms with E-state index in [-0.39, 0.29) is 46.8 Å². The Balaban J connectivity index is 0.00000225. The summed E-state index contributed by atoms with van der Waals surface area (Å²) in [5.41, 5.74) is 1.48. The first-order valence-corrected chi connectivity index (χ1v) is 8.11. The van der Waals surface area contributed by atoms with E-state index in [1.165, 1.54) is 24.3 Å². The molecule has 0 bridgehead atoms. The number of benzene rings is 2. The van der Waals surface area contributed by atoms with Gasteiger partial charge in [-0.25, -0.2) is 13.9 Å². The van der Waals surface area contributed by atoms with Crippen LogP contribution in [0.4, 0.5) is 4.39 Å². The second kappa shape index (κ2) is 7.29. The molecular formula is C15H12FNNaO6P. The van der Waals surface area contributed by atoms with E-state index in [1.54, 1.807) is 0 Å². The van der Waals surface area contributed by atoms with Gasteiger partial charge in [0.2, 0.25) is 5.89 Å². The van der Waals surface area contributed by atoms with Crippen molar-refractivity contribution in [3.8, 4) is 23.0 Å². The Morgan fingerprint density at radius 3 is 2.60 bits per heavy atom. The molecule has 3 aromatic rings. The molecule has 0 spiro atoms. The van der Waals surface area contributed by atoms with E-state index in [1.807, 2.05) is 0 Å². The van der Waals surface area contributed by atoms with Crippen LogP contribution in [-0.4, -0.2) is 49.4 Å². The fourth-order valence-electron chi connectivity index (χ4n) is 2.15. The normalized spacial score (nSPS) is 11.2. The Bertz CT molecular complexity index is 999. The number of aromatic hydroxyl groups is 1. The Kier molecular flexibility index (Phi) is 5.73. The average Bonchev–Trinajstić information content (AvgIpc) is 2.90. The molecule has 3 rings (SSSR count). The Labute approximate surface area is 163 Å². The Morgan fingerprint density at radius 1 is 1.28 bits per heavy atom. The predicted octanol–water partition coefficient (Wildman–Crippen LogP) is 2.81. The van der Waals surface area contributed by atoms with Crippen molar-refractivity contribution < 1.29 is 32.8 Å². The van der Waals surface area contributed by atoms with E-state index >= 15 is 0 Å². The summed E-state index contributed by atoms with van der Waals surface area (Å²) in [7, 11) is -4.86.